The largest absolute Gasteiger partial charge is 0.307 e. The zero-order chi connectivity index (χ0) is 16.0. The quantitative estimate of drug-likeness (QED) is 0.613. The molecule has 2 heteroatoms. The molecule has 0 radical (unpaired) electrons. The first-order chi connectivity index (χ1) is 9.79. The van der Waals surface area contributed by atoms with Gasteiger partial charge in [0.2, 0.25) is 0 Å². The van der Waals surface area contributed by atoms with Crippen molar-refractivity contribution >= 4 is 11.6 Å². The van der Waals surface area contributed by atoms with E-state index < -0.39 is 0 Å². The van der Waals surface area contributed by atoms with Crippen molar-refractivity contribution in [2.75, 3.05) is 0 Å². The highest BCUT2D eigenvalue weighted by molar-refractivity contribution is 6.30. The van der Waals surface area contributed by atoms with E-state index in [1.807, 2.05) is 12.1 Å². The zero-order valence-electron chi connectivity index (χ0n) is 14.5. The third kappa shape index (κ3) is 6.84. The molecular formula is C19H32ClN. The van der Waals surface area contributed by atoms with Gasteiger partial charge in [0.25, 0.3) is 0 Å². The molecule has 21 heavy (non-hydrogen) atoms. The summed E-state index contributed by atoms with van der Waals surface area (Å²) in [6, 6.07) is 9.27. The van der Waals surface area contributed by atoms with Gasteiger partial charge in [0.15, 0.2) is 0 Å². The van der Waals surface area contributed by atoms with E-state index in [0.717, 1.165) is 16.9 Å². The molecule has 0 aromatic heterocycles. The van der Waals surface area contributed by atoms with Gasteiger partial charge in [-0.3, -0.25) is 0 Å². The standard InChI is InChI=1S/C19H32ClN/c1-13(2)11-18(12-14(3)4)21-19(15(5)6)16-7-9-17(20)10-8-16/h7-10,13-15,18-19,21H,11-12H2,1-6H3. The fourth-order valence-corrected chi connectivity index (χ4v) is 3.09. The molecule has 1 nitrogen and oxygen atoms in total. The third-order valence-corrected chi connectivity index (χ3v) is 4.07. The van der Waals surface area contributed by atoms with Gasteiger partial charge in [-0.25, -0.2) is 0 Å². The van der Waals surface area contributed by atoms with E-state index in [-0.39, 0.29) is 0 Å². The minimum Gasteiger partial charge on any atom is -0.307 e. The van der Waals surface area contributed by atoms with Gasteiger partial charge in [-0.15, -0.1) is 0 Å². The summed E-state index contributed by atoms with van der Waals surface area (Å²) >= 11 is 6.02. The number of halogens is 1. The van der Waals surface area contributed by atoms with Crippen LogP contribution in [-0.2, 0) is 0 Å². The van der Waals surface area contributed by atoms with Crippen LogP contribution in [0.5, 0.6) is 0 Å². The van der Waals surface area contributed by atoms with Crippen molar-refractivity contribution < 1.29 is 0 Å². The molecule has 1 aromatic carbocycles. The molecule has 0 amide bonds. The molecule has 0 bridgehead atoms. The Balaban J connectivity index is 2.85. The van der Waals surface area contributed by atoms with Crippen LogP contribution in [0.15, 0.2) is 24.3 Å². The Kier molecular flexibility index (Phi) is 7.76. The van der Waals surface area contributed by atoms with Crippen LogP contribution in [0.2, 0.25) is 5.02 Å². The Morgan fingerprint density at radius 1 is 0.857 bits per heavy atom. The topological polar surface area (TPSA) is 12.0 Å². The summed E-state index contributed by atoms with van der Waals surface area (Å²) in [6.45, 7) is 13.8. The van der Waals surface area contributed by atoms with Gasteiger partial charge >= 0.3 is 0 Å². The van der Waals surface area contributed by atoms with Crippen LogP contribution in [0, 0.1) is 17.8 Å². The van der Waals surface area contributed by atoms with Gasteiger partial charge in [0.05, 0.1) is 0 Å². The summed E-state index contributed by atoms with van der Waals surface area (Å²) in [5, 5.41) is 4.72. The molecule has 0 aliphatic heterocycles. The first-order valence-corrected chi connectivity index (χ1v) is 8.68. The van der Waals surface area contributed by atoms with E-state index in [0.29, 0.717) is 18.0 Å². The van der Waals surface area contributed by atoms with E-state index in [9.17, 15) is 0 Å². The van der Waals surface area contributed by atoms with Crippen molar-refractivity contribution in [2.45, 2.75) is 66.5 Å². The second-order valence-corrected chi connectivity index (χ2v) is 7.83. The van der Waals surface area contributed by atoms with Gasteiger partial charge in [-0.2, -0.15) is 0 Å². The fraction of sp³-hybridized carbons (Fsp3) is 0.684. The molecule has 1 rings (SSSR count). The molecular weight excluding hydrogens is 278 g/mol. The summed E-state index contributed by atoms with van der Waals surface area (Å²) < 4.78 is 0. The second-order valence-electron chi connectivity index (χ2n) is 7.40. The Morgan fingerprint density at radius 2 is 1.33 bits per heavy atom. The average Bonchev–Trinajstić information content (AvgIpc) is 2.35. The van der Waals surface area contributed by atoms with Crippen LogP contribution in [0.4, 0.5) is 0 Å². The summed E-state index contributed by atoms with van der Waals surface area (Å²) in [7, 11) is 0. The number of rotatable bonds is 8. The highest BCUT2D eigenvalue weighted by Gasteiger charge is 2.21. The SMILES string of the molecule is CC(C)CC(CC(C)C)NC(c1ccc(Cl)cc1)C(C)C. The minimum absolute atomic E-state index is 0.393. The lowest BCUT2D eigenvalue weighted by Gasteiger charge is -2.31. The predicted molar refractivity (Wildman–Crippen MR) is 94.9 cm³/mol. The van der Waals surface area contributed by atoms with Crippen molar-refractivity contribution in [3.63, 3.8) is 0 Å². The highest BCUT2D eigenvalue weighted by Crippen LogP contribution is 2.26. The van der Waals surface area contributed by atoms with Crippen LogP contribution < -0.4 is 5.32 Å². The Morgan fingerprint density at radius 3 is 1.71 bits per heavy atom. The maximum absolute atomic E-state index is 6.02. The van der Waals surface area contributed by atoms with E-state index in [4.69, 9.17) is 11.6 Å². The molecule has 1 aromatic rings. The zero-order valence-corrected chi connectivity index (χ0v) is 15.2. The minimum atomic E-state index is 0.393. The average molecular weight is 310 g/mol. The van der Waals surface area contributed by atoms with Crippen LogP contribution in [0.25, 0.3) is 0 Å². The number of benzene rings is 1. The Labute approximate surface area is 136 Å². The molecule has 0 aliphatic rings. The molecule has 0 aliphatic carbocycles. The molecule has 120 valence electrons. The molecule has 0 fully saturated rings. The van der Waals surface area contributed by atoms with Gasteiger partial charge < -0.3 is 5.32 Å². The second kappa shape index (κ2) is 8.80. The van der Waals surface area contributed by atoms with Crippen LogP contribution >= 0.6 is 11.6 Å². The first-order valence-electron chi connectivity index (χ1n) is 8.31. The molecule has 1 atom stereocenters. The van der Waals surface area contributed by atoms with E-state index in [2.05, 4.69) is 59.0 Å². The summed E-state index contributed by atoms with van der Waals surface area (Å²) in [6.07, 6.45) is 2.46. The number of hydrogen-bond donors (Lipinski definition) is 1. The summed E-state index contributed by atoms with van der Waals surface area (Å²) in [4.78, 5) is 0. The summed E-state index contributed by atoms with van der Waals surface area (Å²) in [5.74, 6) is 2.01. The van der Waals surface area contributed by atoms with E-state index in [1.165, 1.54) is 18.4 Å². The van der Waals surface area contributed by atoms with Crippen molar-refractivity contribution in [1.29, 1.82) is 0 Å². The maximum atomic E-state index is 6.02. The van der Waals surface area contributed by atoms with Crippen LogP contribution in [0.3, 0.4) is 0 Å². The van der Waals surface area contributed by atoms with E-state index in [1.54, 1.807) is 0 Å². The predicted octanol–water partition coefficient (Wildman–Crippen LogP) is 6.09. The molecule has 0 heterocycles. The highest BCUT2D eigenvalue weighted by atomic mass is 35.5. The van der Waals surface area contributed by atoms with Crippen LogP contribution in [-0.4, -0.2) is 6.04 Å². The van der Waals surface area contributed by atoms with Crippen molar-refractivity contribution in [1.82, 2.24) is 5.32 Å². The first kappa shape index (κ1) is 18.5. The fourth-order valence-electron chi connectivity index (χ4n) is 2.97. The maximum Gasteiger partial charge on any atom is 0.0406 e. The normalized spacial score (nSPS) is 13.7. The third-order valence-electron chi connectivity index (χ3n) is 3.82. The van der Waals surface area contributed by atoms with Crippen molar-refractivity contribution in [3.8, 4) is 0 Å². The van der Waals surface area contributed by atoms with Gasteiger partial charge in [-0.1, -0.05) is 65.3 Å². The van der Waals surface area contributed by atoms with Gasteiger partial charge in [0, 0.05) is 17.1 Å². The molecule has 0 spiro atoms. The Hall–Kier alpha value is -0.530. The monoisotopic (exact) mass is 309 g/mol. The number of hydrogen-bond acceptors (Lipinski definition) is 1. The van der Waals surface area contributed by atoms with Gasteiger partial charge in [0.1, 0.15) is 0 Å². The van der Waals surface area contributed by atoms with Gasteiger partial charge in [-0.05, 0) is 48.3 Å². The van der Waals surface area contributed by atoms with Crippen molar-refractivity contribution in [3.05, 3.63) is 34.9 Å². The molecule has 0 saturated heterocycles. The summed E-state index contributed by atoms with van der Waals surface area (Å²) in [5.41, 5.74) is 1.34. The van der Waals surface area contributed by atoms with Crippen molar-refractivity contribution in [2.24, 2.45) is 17.8 Å². The lowest BCUT2D eigenvalue weighted by Crippen LogP contribution is -2.37. The Bertz CT molecular complexity index is 385. The van der Waals surface area contributed by atoms with E-state index >= 15 is 0 Å². The lowest BCUT2D eigenvalue weighted by atomic mass is 9.90. The molecule has 1 unspecified atom stereocenters. The molecule has 1 N–H and O–H groups in total. The lowest BCUT2D eigenvalue weighted by molar-refractivity contribution is 0.293. The molecule has 0 saturated carbocycles. The van der Waals surface area contributed by atoms with Crippen LogP contribution in [0.1, 0.15) is 66.0 Å². The smallest absolute Gasteiger partial charge is 0.0406 e. The number of nitrogens with one attached hydrogen (secondary N) is 1.